The minimum absolute atomic E-state index is 0.199. The van der Waals surface area contributed by atoms with Crippen molar-refractivity contribution in [2.45, 2.75) is 19.5 Å². The van der Waals surface area contributed by atoms with Gasteiger partial charge in [0.15, 0.2) is 11.5 Å². The average molecular weight is 314 g/mol. The van der Waals surface area contributed by atoms with Crippen LogP contribution in [-0.2, 0) is 11.3 Å². The molecule has 1 heterocycles. The highest BCUT2D eigenvalue weighted by Gasteiger charge is 2.18. The van der Waals surface area contributed by atoms with Crippen molar-refractivity contribution in [2.24, 2.45) is 5.73 Å². The maximum absolute atomic E-state index is 11.0. The van der Waals surface area contributed by atoms with Gasteiger partial charge in [0, 0.05) is 6.54 Å². The number of hydrogen-bond acceptors (Lipinski definition) is 5. The summed E-state index contributed by atoms with van der Waals surface area (Å²) in [4.78, 5) is 11.0. The number of carbonyl (C=O) groups is 1. The van der Waals surface area contributed by atoms with E-state index < -0.39 is 0 Å². The van der Waals surface area contributed by atoms with Crippen LogP contribution in [0.2, 0.25) is 0 Å². The fraction of sp³-hybridized carbons (Fsp3) is 0.235. The molecule has 0 spiro atoms. The normalized spacial score (nSPS) is 13.6. The summed E-state index contributed by atoms with van der Waals surface area (Å²) < 4.78 is 16.7. The van der Waals surface area contributed by atoms with Crippen LogP contribution in [0.15, 0.2) is 42.5 Å². The predicted octanol–water partition coefficient (Wildman–Crippen LogP) is 2.17. The van der Waals surface area contributed by atoms with E-state index in [-0.39, 0.29) is 18.7 Å². The Morgan fingerprint density at radius 2 is 2.13 bits per heavy atom. The summed E-state index contributed by atoms with van der Waals surface area (Å²) in [6.45, 7) is 2.45. The van der Waals surface area contributed by atoms with E-state index >= 15 is 0 Å². The van der Waals surface area contributed by atoms with Crippen LogP contribution in [0.3, 0.4) is 0 Å². The second kappa shape index (κ2) is 6.58. The third kappa shape index (κ3) is 3.54. The van der Waals surface area contributed by atoms with Gasteiger partial charge in [-0.2, -0.15) is 0 Å². The van der Waals surface area contributed by atoms with Gasteiger partial charge < -0.3 is 25.3 Å². The number of nitrogens with one attached hydrogen (secondary N) is 1. The first kappa shape index (κ1) is 15.2. The molecule has 2 aromatic rings. The molecule has 0 radical (unpaired) electrons. The van der Waals surface area contributed by atoms with Crippen molar-refractivity contribution in [3.8, 4) is 23.0 Å². The van der Waals surface area contributed by atoms with E-state index in [0.29, 0.717) is 29.5 Å². The van der Waals surface area contributed by atoms with E-state index in [4.69, 9.17) is 19.9 Å². The number of fused-ring (bicyclic) bond motifs is 1. The second-order valence-electron chi connectivity index (χ2n) is 5.24. The first-order valence-electron chi connectivity index (χ1n) is 7.31. The Hall–Kier alpha value is -2.73. The van der Waals surface area contributed by atoms with Crippen molar-refractivity contribution in [2.75, 3.05) is 6.79 Å². The molecule has 0 unspecified atom stereocenters. The van der Waals surface area contributed by atoms with Gasteiger partial charge in [-0.05, 0) is 36.8 Å². The third-order valence-electron chi connectivity index (χ3n) is 3.53. The highest BCUT2D eigenvalue weighted by molar-refractivity contribution is 5.79. The average Bonchev–Trinajstić information content (AvgIpc) is 3.02. The van der Waals surface area contributed by atoms with Crippen LogP contribution in [0.25, 0.3) is 0 Å². The van der Waals surface area contributed by atoms with E-state index in [1.54, 1.807) is 6.92 Å². The number of carbonyl (C=O) groups excluding carboxylic acids is 1. The van der Waals surface area contributed by atoms with Gasteiger partial charge in [0.05, 0.1) is 6.04 Å². The lowest BCUT2D eigenvalue weighted by Gasteiger charge is -2.12. The third-order valence-corrected chi connectivity index (χ3v) is 3.53. The summed E-state index contributed by atoms with van der Waals surface area (Å²) in [5.74, 6) is 2.19. The maximum Gasteiger partial charge on any atom is 0.234 e. The molecule has 0 fully saturated rings. The maximum atomic E-state index is 11.0. The van der Waals surface area contributed by atoms with E-state index in [1.165, 1.54) is 0 Å². The Morgan fingerprint density at radius 3 is 2.96 bits per heavy atom. The molecule has 0 saturated heterocycles. The predicted molar refractivity (Wildman–Crippen MR) is 84.6 cm³/mol. The lowest BCUT2D eigenvalue weighted by Crippen LogP contribution is -2.38. The van der Waals surface area contributed by atoms with Gasteiger partial charge in [-0.3, -0.25) is 4.79 Å². The zero-order valence-corrected chi connectivity index (χ0v) is 12.7. The van der Waals surface area contributed by atoms with Crippen LogP contribution in [0.4, 0.5) is 0 Å². The molecule has 1 aliphatic heterocycles. The fourth-order valence-corrected chi connectivity index (χ4v) is 2.20. The van der Waals surface area contributed by atoms with Gasteiger partial charge in [-0.1, -0.05) is 18.2 Å². The zero-order chi connectivity index (χ0) is 16.2. The van der Waals surface area contributed by atoms with Crippen LogP contribution in [0.5, 0.6) is 23.0 Å². The smallest absolute Gasteiger partial charge is 0.234 e. The number of benzene rings is 2. The molecule has 1 amide bonds. The number of hydrogen-bond donors (Lipinski definition) is 2. The number of rotatable bonds is 6. The van der Waals surface area contributed by atoms with Crippen molar-refractivity contribution < 1.29 is 19.0 Å². The van der Waals surface area contributed by atoms with Crippen LogP contribution in [0.1, 0.15) is 12.5 Å². The summed E-state index contributed by atoms with van der Waals surface area (Å²) in [5.41, 5.74) is 6.22. The Balaban J connectivity index is 1.71. The van der Waals surface area contributed by atoms with E-state index in [2.05, 4.69) is 5.32 Å². The Morgan fingerprint density at radius 1 is 1.30 bits per heavy atom. The first-order chi connectivity index (χ1) is 11.1. The van der Waals surface area contributed by atoms with Gasteiger partial charge in [-0.15, -0.1) is 0 Å². The van der Waals surface area contributed by atoms with Gasteiger partial charge in [0.2, 0.25) is 18.4 Å². The van der Waals surface area contributed by atoms with Gasteiger partial charge >= 0.3 is 0 Å². The number of amides is 1. The Bertz CT molecular complexity index is 717. The summed E-state index contributed by atoms with van der Waals surface area (Å²) >= 11 is 0. The molecule has 1 atom stereocenters. The fourth-order valence-electron chi connectivity index (χ4n) is 2.20. The molecule has 0 aliphatic carbocycles. The Kier molecular flexibility index (Phi) is 4.34. The topological polar surface area (TPSA) is 82.8 Å². The van der Waals surface area contributed by atoms with Crippen LogP contribution >= 0.6 is 0 Å². The van der Waals surface area contributed by atoms with Crippen molar-refractivity contribution >= 4 is 5.91 Å². The van der Waals surface area contributed by atoms with Gasteiger partial charge in [0.1, 0.15) is 5.75 Å². The summed E-state index contributed by atoms with van der Waals surface area (Å²) in [7, 11) is 0. The second-order valence-corrected chi connectivity index (χ2v) is 5.24. The highest BCUT2D eigenvalue weighted by atomic mass is 16.7. The number of primary amides is 1. The van der Waals surface area contributed by atoms with Crippen LogP contribution < -0.4 is 25.3 Å². The van der Waals surface area contributed by atoms with E-state index in [1.807, 2.05) is 42.5 Å². The molecule has 3 rings (SSSR count). The van der Waals surface area contributed by atoms with Crippen molar-refractivity contribution in [1.29, 1.82) is 0 Å². The molecular formula is C17H18N2O4. The lowest BCUT2D eigenvalue weighted by atomic mass is 10.2. The van der Waals surface area contributed by atoms with E-state index in [0.717, 1.165) is 5.56 Å². The minimum Gasteiger partial charge on any atom is -0.453 e. The molecule has 120 valence electrons. The first-order valence-corrected chi connectivity index (χ1v) is 7.31. The number of nitrogens with two attached hydrogens (primary N) is 1. The molecule has 0 saturated carbocycles. The zero-order valence-electron chi connectivity index (χ0n) is 12.7. The largest absolute Gasteiger partial charge is 0.453 e. The molecule has 1 aliphatic rings. The SMILES string of the molecule is C[C@H](NCc1cccc(Oc2cccc3c2OCO3)c1)C(N)=O. The molecule has 2 aromatic carbocycles. The molecule has 23 heavy (non-hydrogen) atoms. The summed E-state index contributed by atoms with van der Waals surface area (Å²) in [6, 6.07) is 12.7. The summed E-state index contributed by atoms with van der Waals surface area (Å²) in [6.07, 6.45) is 0. The van der Waals surface area contributed by atoms with Crippen LogP contribution in [0, 0.1) is 0 Å². The monoisotopic (exact) mass is 314 g/mol. The molecule has 6 nitrogen and oxygen atoms in total. The molecule has 6 heteroatoms. The van der Waals surface area contributed by atoms with Gasteiger partial charge in [0.25, 0.3) is 0 Å². The minimum atomic E-state index is -0.387. The summed E-state index contributed by atoms with van der Waals surface area (Å²) in [5, 5.41) is 3.06. The van der Waals surface area contributed by atoms with Gasteiger partial charge in [-0.25, -0.2) is 0 Å². The quantitative estimate of drug-likeness (QED) is 0.854. The standard InChI is InChI=1S/C17H18N2O4/c1-11(17(18)20)19-9-12-4-2-5-13(8-12)23-15-7-3-6-14-16(15)22-10-21-14/h2-8,11,19H,9-10H2,1H3,(H2,18,20)/t11-/m0/s1. The lowest BCUT2D eigenvalue weighted by molar-refractivity contribution is -0.119. The Labute approximate surface area is 134 Å². The van der Waals surface area contributed by atoms with Crippen molar-refractivity contribution in [3.63, 3.8) is 0 Å². The van der Waals surface area contributed by atoms with Crippen molar-refractivity contribution in [1.82, 2.24) is 5.32 Å². The highest BCUT2D eigenvalue weighted by Crippen LogP contribution is 2.42. The molecule has 0 bridgehead atoms. The van der Waals surface area contributed by atoms with E-state index in [9.17, 15) is 4.79 Å². The molecule has 0 aromatic heterocycles. The van der Waals surface area contributed by atoms with Crippen molar-refractivity contribution in [3.05, 3.63) is 48.0 Å². The van der Waals surface area contributed by atoms with Crippen LogP contribution in [-0.4, -0.2) is 18.7 Å². The molecule has 3 N–H and O–H groups in total. The number of para-hydroxylation sites is 1. The molecular weight excluding hydrogens is 296 g/mol. The number of ether oxygens (including phenoxy) is 3.